The average Bonchev–Trinajstić information content (AvgIpc) is 2.60. The van der Waals surface area contributed by atoms with E-state index >= 15 is 0 Å². The molecule has 1 fully saturated rings. The molecule has 25 heavy (non-hydrogen) atoms. The Kier molecular flexibility index (Phi) is 4.93. The van der Waals surface area contributed by atoms with Crippen LogP contribution in [0.5, 0.6) is 5.75 Å². The fourth-order valence-corrected chi connectivity index (χ4v) is 2.75. The highest BCUT2D eigenvalue weighted by atomic mass is 19.1. The molecule has 2 aromatic rings. The fraction of sp³-hybridized carbons (Fsp3) is 0.200. The number of carbonyl (C=O) groups excluding carboxylic acids is 2. The van der Waals surface area contributed by atoms with E-state index in [1.807, 2.05) is 0 Å². The van der Waals surface area contributed by atoms with Crippen molar-refractivity contribution in [3.63, 3.8) is 0 Å². The van der Waals surface area contributed by atoms with Gasteiger partial charge < -0.3 is 9.84 Å². The Morgan fingerprint density at radius 1 is 1.04 bits per heavy atom. The van der Waals surface area contributed by atoms with Gasteiger partial charge in [0.15, 0.2) is 11.6 Å². The lowest BCUT2D eigenvalue weighted by Gasteiger charge is -2.14. The van der Waals surface area contributed by atoms with Crippen LogP contribution >= 0.6 is 0 Å². The summed E-state index contributed by atoms with van der Waals surface area (Å²) in [6.07, 6.45) is 1.05. The first kappa shape index (κ1) is 16.9. The van der Waals surface area contributed by atoms with Crippen LogP contribution in [0.15, 0.2) is 54.1 Å². The van der Waals surface area contributed by atoms with E-state index in [0.717, 1.165) is 0 Å². The van der Waals surface area contributed by atoms with Crippen molar-refractivity contribution in [2.75, 3.05) is 0 Å². The van der Waals surface area contributed by atoms with E-state index in [-0.39, 0.29) is 48.2 Å². The van der Waals surface area contributed by atoms with Crippen molar-refractivity contribution in [2.24, 2.45) is 0 Å². The molecule has 0 bridgehead atoms. The van der Waals surface area contributed by atoms with Crippen molar-refractivity contribution in [2.45, 2.75) is 25.9 Å². The number of aliphatic hydroxyl groups excluding tert-OH is 1. The van der Waals surface area contributed by atoms with Gasteiger partial charge in [0.2, 0.25) is 0 Å². The van der Waals surface area contributed by atoms with Crippen molar-refractivity contribution < 1.29 is 23.8 Å². The summed E-state index contributed by atoms with van der Waals surface area (Å²) < 4.78 is 18.8. The van der Waals surface area contributed by atoms with Gasteiger partial charge in [0, 0.05) is 18.4 Å². The maximum atomic E-state index is 13.2. The van der Waals surface area contributed by atoms with Gasteiger partial charge in [0.25, 0.3) is 0 Å². The van der Waals surface area contributed by atoms with Crippen LogP contribution in [0.25, 0.3) is 5.76 Å². The predicted octanol–water partition coefficient (Wildman–Crippen LogP) is 4.00. The summed E-state index contributed by atoms with van der Waals surface area (Å²) in [6.45, 7) is 0.163. The van der Waals surface area contributed by atoms with Gasteiger partial charge in [-0.15, -0.1) is 0 Å². The number of benzene rings is 2. The maximum Gasteiger partial charge on any atom is 0.170 e. The smallest absolute Gasteiger partial charge is 0.170 e. The van der Waals surface area contributed by atoms with Crippen LogP contribution in [-0.4, -0.2) is 16.7 Å². The minimum atomic E-state index is -0.341. The molecule has 5 heteroatoms. The Hall–Kier alpha value is -2.95. The molecule has 0 spiro atoms. The first-order chi connectivity index (χ1) is 12.0. The molecular weight excluding hydrogens is 323 g/mol. The number of hydrogen-bond donors (Lipinski definition) is 1. The summed E-state index contributed by atoms with van der Waals surface area (Å²) >= 11 is 0. The number of allylic oxidation sites excluding steroid dienone is 1. The molecule has 0 atom stereocenters. The van der Waals surface area contributed by atoms with E-state index < -0.39 is 0 Å². The second-order valence-electron chi connectivity index (χ2n) is 5.87. The zero-order chi connectivity index (χ0) is 17.8. The number of carbonyl (C=O) groups is 2. The summed E-state index contributed by atoms with van der Waals surface area (Å²) in [5.74, 6) is -0.873. The first-order valence-electron chi connectivity index (χ1n) is 8.02. The van der Waals surface area contributed by atoms with Crippen LogP contribution in [-0.2, 0) is 16.2 Å². The van der Waals surface area contributed by atoms with Crippen LogP contribution in [0, 0.1) is 5.82 Å². The Bertz CT molecular complexity index is 836. The van der Waals surface area contributed by atoms with Gasteiger partial charge in [-0.05, 0) is 36.2 Å². The summed E-state index contributed by atoms with van der Waals surface area (Å²) in [6, 6.07) is 12.6. The highest BCUT2D eigenvalue weighted by Crippen LogP contribution is 2.26. The molecule has 1 saturated carbocycles. The zero-order valence-electron chi connectivity index (χ0n) is 13.5. The number of ketones is 2. The third-order valence-corrected chi connectivity index (χ3v) is 4.00. The van der Waals surface area contributed by atoms with Gasteiger partial charge in [0.1, 0.15) is 29.5 Å². The average molecular weight is 340 g/mol. The molecule has 0 amide bonds. The lowest BCUT2D eigenvalue weighted by Crippen LogP contribution is -2.20. The largest absolute Gasteiger partial charge is 0.506 e. The molecule has 3 rings (SSSR count). The van der Waals surface area contributed by atoms with E-state index in [1.165, 1.54) is 12.1 Å². The van der Waals surface area contributed by atoms with Crippen LogP contribution in [0.4, 0.5) is 4.39 Å². The normalized spacial score (nSPS) is 14.5. The molecule has 0 aromatic heterocycles. The van der Waals surface area contributed by atoms with Crippen molar-refractivity contribution >= 4 is 17.3 Å². The molecule has 1 aliphatic rings. The number of rotatable bonds is 4. The highest BCUT2D eigenvalue weighted by Gasteiger charge is 2.27. The molecule has 0 saturated heterocycles. The second-order valence-corrected chi connectivity index (χ2v) is 5.87. The number of Topliss-reactive ketones (excluding diaryl/α,β-unsaturated/α-hetero) is 2. The van der Waals surface area contributed by atoms with E-state index in [9.17, 15) is 19.1 Å². The summed E-state index contributed by atoms with van der Waals surface area (Å²) in [4.78, 5) is 23.9. The minimum Gasteiger partial charge on any atom is -0.506 e. The lowest BCUT2D eigenvalue weighted by atomic mass is 9.90. The van der Waals surface area contributed by atoms with Crippen LogP contribution < -0.4 is 4.74 Å². The molecule has 0 aliphatic heterocycles. The fourth-order valence-electron chi connectivity index (χ4n) is 2.75. The Balaban J connectivity index is 1.81. The zero-order valence-corrected chi connectivity index (χ0v) is 13.5. The number of aliphatic hydroxyl groups is 1. The van der Waals surface area contributed by atoms with Crippen molar-refractivity contribution in [1.82, 2.24) is 0 Å². The summed E-state index contributed by atoms with van der Waals surface area (Å²) in [5, 5.41) is 10.4. The second kappa shape index (κ2) is 7.30. The topological polar surface area (TPSA) is 63.6 Å². The van der Waals surface area contributed by atoms with Crippen molar-refractivity contribution in [3.8, 4) is 5.75 Å². The van der Waals surface area contributed by atoms with E-state index in [4.69, 9.17) is 4.74 Å². The third kappa shape index (κ3) is 3.94. The van der Waals surface area contributed by atoms with E-state index in [0.29, 0.717) is 23.3 Å². The maximum absolute atomic E-state index is 13.2. The molecule has 2 aromatic carbocycles. The number of halogens is 1. The monoisotopic (exact) mass is 340 g/mol. The van der Waals surface area contributed by atoms with Crippen LogP contribution in [0.1, 0.15) is 30.4 Å². The lowest BCUT2D eigenvalue weighted by molar-refractivity contribution is -0.123. The predicted molar refractivity (Wildman–Crippen MR) is 90.6 cm³/mol. The molecule has 128 valence electrons. The van der Waals surface area contributed by atoms with Crippen LogP contribution in [0.3, 0.4) is 0 Å². The summed E-state index contributed by atoms with van der Waals surface area (Å²) in [7, 11) is 0. The van der Waals surface area contributed by atoms with Gasteiger partial charge in [-0.1, -0.05) is 24.3 Å². The standard InChI is InChI=1S/C20H17FO4/c21-15-6-1-4-13(10-15)12-25-16-7-2-5-14(11-16)20(24)19-17(22)8-3-9-18(19)23/h1-2,4-7,10-11,24H,3,8-9,12H2. The first-order valence-corrected chi connectivity index (χ1v) is 8.02. The molecule has 0 heterocycles. The van der Waals surface area contributed by atoms with E-state index in [2.05, 4.69) is 0 Å². The number of hydrogen-bond acceptors (Lipinski definition) is 4. The SMILES string of the molecule is O=C1CCCC(=O)C1=C(O)c1cccc(OCc2cccc(F)c2)c1. The molecule has 1 N–H and O–H groups in total. The Morgan fingerprint density at radius 3 is 2.48 bits per heavy atom. The van der Waals surface area contributed by atoms with Gasteiger partial charge in [-0.3, -0.25) is 9.59 Å². The molecule has 0 unspecified atom stereocenters. The molecule has 1 aliphatic carbocycles. The third-order valence-electron chi connectivity index (χ3n) is 4.00. The Labute approximate surface area is 144 Å². The minimum absolute atomic E-state index is 0.131. The van der Waals surface area contributed by atoms with E-state index in [1.54, 1.807) is 36.4 Å². The Morgan fingerprint density at radius 2 is 1.76 bits per heavy atom. The molecule has 4 nitrogen and oxygen atoms in total. The van der Waals surface area contributed by atoms with Gasteiger partial charge in [-0.25, -0.2) is 4.39 Å². The highest BCUT2D eigenvalue weighted by molar-refractivity contribution is 6.25. The van der Waals surface area contributed by atoms with Crippen molar-refractivity contribution in [1.29, 1.82) is 0 Å². The van der Waals surface area contributed by atoms with Crippen LogP contribution in [0.2, 0.25) is 0 Å². The van der Waals surface area contributed by atoms with Gasteiger partial charge in [-0.2, -0.15) is 0 Å². The molecular formula is C20H17FO4. The summed E-state index contributed by atoms with van der Waals surface area (Å²) in [5.41, 5.74) is 0.884. The van der Waals surface area contributed by atoms with Gasteiger partial charge in [0.05, 0.1) is 0 Å². The quantitative estimate of drug-likeness (QED) is 0.519. The van der Waals surface area contributed by atoms with Crippen molar-refractivity contribution in [3.05, 3.63) is 71.0 Å². The number of ether oxygens (including phenoxy) is 1. The van der Waals surface area contributed by atoms with Gasteiger partial charge >= 0.3 is 0 Å². The molecule has 0 radical (unpaired) electrons.